The van der Waals surface area contributed by atoms with Gasteiger partial charge in [-0.05, 0) is 42.3 Å². The molecule has 0 aliphatic carbocycles. The van der Waals surface area contributed by atoms with E-state index in [0.29, 0.717) is 0 Å². The van der Waals surface area contributed by atoms with E-state index in [4.69, 9.17) is 0 Å². The molecule has 0 heterocycles. The average molecular weight is 296 g/mol. The summed E-state index contributed by atoms with van der Waals surface area (Å²) < 4.78 is 0. The average Bonchev–Trinajstić information content (AvgIpc) is 2.48. The predicted molar refractivity (Wildman–Crippen MR) is 94.1 cm³/mol. The van der Waals surface area contributed by atoms with Gasteiger partial charge in [-0.1, -0.05) is 24.3 Å². The van der Waals surface area contributed by atoms with E-state index in [1.165, 1.54) is 0 Å². The number of hydrogen-bond acceptors (Lipinski definition) is 3. The molecule has 2 rings (SSSR count). The van der Waals surface area contributed by atoms with Gasteiger partial charge in [-0.25, -0.2) is 0 Å². The molecule has 0 radical (unpaired) electrons. The summed E-state index contributed by atoms with van der Waals surface area (Å²) in [5.41, 5.74) is 4.34. The molecular weight excluding hydrogens is 272 g/mol. The van der Waals surface area contributed by atoms with Crippen LogP contribution < -0.4 is 9.80 Å². The highest BCUT2D eigenvalue weighted by atomic mass is 16.1. The molecule has 0 spiro atoms. The summed E-state index contributed by atoms with van der Waals surface area (Å²) in [4.78, 5) is 16.3. The normalized spacial score (nSPS) is 10.6. The molecule has 0 N–H and O–H groups in total. The van der Waals surface area contributed by atoms with Gasteiger partial charge in [0.25, 0.3) is 0 Å². The predicted octanol–water partition coefficient (Wildman–Crippen LogP) is 3.54. The van der Waals surface area contributed by atoms with Crippen LogP contribution in [-0.2, 0) is 4.79 Å². The summed E-state index contributed by atoms with van der Waals surface area (Å²) in [6.07, 6.45) is 0. The third-order valence-electron chi connectivity index (χ3n) is 3.89. The van der Waals surface area contributed by atoms with Crippen LogP contribution in [-0.4, -0.2) is 34.0 Å². The van der Waals surface area contributed by atoms with Crippen molar-refractivity contribution in [1.82, 2.24) is 0 Å². The molecule has 0 aromatic heterocycles. The minimum Gasteiger partial charge on any atom is -0.378 e. The summed E-state index contributed by atoms with van der Waals surface area (Å²) in [7, 11) is 8.05. The summed E-state index contributed by atoms with van der Waals surface area (Å²) >= 11 is 0. The van der Waals surface area contributed by atoms with E-state index in [2.05, 4.69) is 34.1 Å². The molecule has 2 aromatic rings. The third-order valence-corrected chi connectivity index (χ3v) is 3.89. The lowest BCUT2D eigenvalue weighted by atomic mass is 9.88. The van der Waals surface area contributed by atoms with Crippen molar-refractivity contribution in [2.75, 3.05) is 38.0 Å². The Bertz CT molecular complexity index is 576. The van der Waals surface area contributed by atoms with Crippen LogP contribution in [0.4, 0.5) is 11.4 Å². The summed E-state index contributed by atoms with van der Waals surface area (Å²) in [5.74, 6) is -0.0392. The van der Waals surface area contributed by atoms with Crippen molar-refractivity contribution in [2.24, 2.45) is 0 Å². The topological polar surface area (TPSA) is 23.6 Å². The lowest BCUT2D eigenvalue weighted by Crippen LogP contribution is -2.13. The highest BCUT2D eigenvalue weighted by Crippen LogP contribution is 2.28. The van der Waals surface area contributed by atoms with Crippen LogP contribution in [0, 0.1) is 0 Å². The lowest BCUT2D eigenvalue weighted by molar-refractivity contribution is -0.117. The van der Waals surface area contributed by atoms with E-state index >= 15 is 0 Å². The second kappa shape index (κ2) is 6.65. The van der Waals surface area contributed by atoms with Gasteiger partial charge in [0.2, 0.25) is 0 Å². The van der Waals surface area contributed by atoms with Crippen LogP contribution in [0.2, 0.25) is 0 Å². The molecule has 0 bridgehead atoms. The summed E-state index contributed by atoms with van der Waals surface area (Å²) in [6.45, 7) is 1.66. The fourth-order valence-electron chi connectivity index (χ4n) is 2.59. The largest absolute Gasteiger partial charge is 0.378 e. The third kappa shape index (κ3) is 3.48. The molecular formula is C19H24N2O. The van der Waals surface area contributed by atoms with E-state index in [1.807, 2.05) is 52.5 Å². The van der Waals surface area contributed by atoms with Crippen LogP contribution >= 0.6 is 0 Å². The van der Waals surface area contributed by atoms with Crippen molar-refractivity contribution in [3.05, 3.63) is 59.7 Å². The van der Waals surface area contributed by atoms with Crippen LogP contribution in [0.15, 0.2) is 48.5 Å². The molecule has 0 fully saturated rings. The Morgan fingerprint density at radius 1 is 0.727 bits per heavy atom. The van der Waals surface area contributed by atoms with Crippen molar-refractivity contribution in [3.8, 4) is 0 Å². The van der Waals surface area contributed by atoms with Gasteiger partial charge in [-0.3, -0.25) is 4.79 Å². The van der Waals surface area contributed by atoms with E-state index in [9.17, 15) is 4.79 Å². The Morgan fingerprint density at radius 2 is 1.05 bits per heavy atom. The van der Waals surface area contributed by atoms with E-state index < -0.39 is 0 Å². The van der Waals surface area contributed by atoms with Crippen LogP contribution in [0.25, 0.3) is 0 Å². The molecule has 0 atom stereocenters. The van der Waals surface area contributed by atoms with Gasteiger partial charge in [0.15, 0.2) is 0 Å². The van der Waals surface area contributed by atoms with E-state index in [1.54, 1.807) is 6.92 Å². The van der Waals surface area contributed by atoms with Gasteiger partial charge in [0.1, 0.15) is 5.78 Å². The first kappa shape index (κ1) is 16.1. The van der Waals surface area contributed by atoms with Gasteiger partial charge in [-0.2, -0.15) is 0 Å². The number of carbonyl (C=O) groups is 1. The van der Waals surface area contributed by atoms with E-state index in [0.717, 1.165) is 22.5 Å². The van der Waals surface area contributed by atoms with Crippen molar-refractivity contribution in [1.29, 1.82) is 0 Å². The second-order valence-electron chi connectivity index (χ2n) is 6.02. The molecule has 116 valence electrons. The fourth-order valence-corrected chi connectivity index (χ4v) is 2.59. The molecule has 2 aromatic carbocycles. The maximum atomic E-state index is 12.2. The lowest BCUT2D eigenvalue weighted by Gasteiger charge is -2.19. The highest BCUT2D eigenvalue weighted by Gasteiger charge is 2.19. The van der Waals surface area contributed by atoms with Gasteiger partial charge in [-0.15, -0.1) is 0 Å². The Morgan fingerprint density at radius 3 is 1.27 bits per heavy atom. The van der Waals surface area contributed by atoms with Crippen LogP contribution in [0.1, 0.15) is 24.0 Å². The molecule has 0 saturated carbocycles. The maximum Gasteiger partial charge on any atom is 0.141 e. The first-order valence-corrected chi connectivity index (χ1v) is 7.45. The maximum absolute atomic E-state index is 12.2. The molecule has 0 unspecified atom stereocenters. The Balaban J connectivity index is 2.35. The Hall–Kier alpha value is -2.29. The van der Waals surface area contributed by atoms with E-state index in [-0.39, 0.29) is 11.7 Å². The molecule has 0 aliphatic heterocycles. The summed E-state index contributed by atoms with van der Waals surface area (Å²) in [5, 5.41) is 0. The van der Waals surface area contributed by atoms with Gasteiger partial charge in [0.05, 0.1) is 5.92 Å². The molecule has 0 amide bonds. The summed E-state index contributed by atoms with van der Waals surface area (Å²) in [6, 6.07) is 16.4. The standard InChI is InChI=1S/C19H24N2O/c1-14(22)19(15-6-10-17(11-7-15)20(2)3)16-8-12-18(13-9-16)21(4)5/h6-13,19H,1-5H3. The number of carbonyl (C=O) groups excluding carboxylic acids is 1. The molecule has 3 heteroatoms. The van der Waals surface area contributed by atoms with Gasteiger partial charge < -0.3 is 9.80 Å². The Labute approximate surface area is 133 Å². The first-order valence-electron chi connectivity index (χ1n) is 7.45. The zero-order chi connectivity index (χ0) is 16.3. The zero-order valence-electron chi connectivity index (χ0n) is 14.0. The number of benzene rings is 2. The highest BCUT2D eigenvalue weighted by molar-refractivity contribution is 5.87. The number of nitrogens with zero attached hydrogens (tertiary/aromatic N) is 2. The van der Waals surface area contributed by atoms with Crippen molar-refractivity contribution in [2.45, 2.75) is 12.8 Å². The fraction of sp³-hybridized carbons (Fsp3) is 0.316. The SMILES string of the molecule is CC(=O)C(c1ccc(N(C)C)cc1)c1ccc(N(C)C)cc1. The van der Waals surface area contributed by atoms with Crippen LogP contribution in [0.5, 0.6) is 0 Å². The number of rotatable bonds is 5. The molecule has 0 aliphatic rings. The number of Topliss-reactive ketones (excluding diaryl/α,β-unsaturated/α-hetero) is 1. The van der Waals surface area contributed by atoms with Crippen molar-refractivity contribution >= 4 is 17.2 Å². The quantitative estimate of drug-likeness (QED) is 0.843. The molecule has 0 saturated heterocycles. The van der Waals surface area contributed by atoms with Crippen molar-refractivity contribution < 1.29 is 4.79 Å². The molecule has 3 nitrogen and oxygen atoms in total. The number of hydrogen-bond donors (Lipinski definition) is 0. The number of ketones is 1. The first-order chi connectivity index (χ1) is 10.4. The van der Waals surface area contributed by atoms with Gasteiger partial charge in [0, 0.05) is 39.6 Å². The smallest absolute Gasteiger partial charge is 0.141 e. The van der Waals surface area contributed by atoms with Crippen LogP contribution in [0.3, 0.4) is 0 Å². The molecule has 22 heavy (non-hydrogen) atoms. The zero-order valence-corrected chi connectivity index (χ0v) is 14.0. The second-order valence-corrected chi connectivity index (χ2v) is 6.02. The number of anilines is 2. The monoisotopic (exact) mass is 296 g/mol. The minimum absolute atomic E-state index is 0.162. The minimum atomic E-state index is -0.201. The Kier molecular flexibility index (Phi) is 4.86. The van der Waals surface area contributed by atoms with Gasteiger partial charge >= 0.3 is 0 Å². The van der Waals surface area contributed by atoms with Crippen molar-refractivity contribution in [3.63, 3.8) is 0 Å².